The van der Waals surface area contributed by atoms with E-state index < -0.39 is 28.6 Å². The van der Waals surface area contributed by atoms with Crippen LogP contribution in [0.5, 0.6) is 0 Å². The number of aliphatic imine (C=N–C) groups is 1. The Bertz CT molecular complexity index is 881. The van der Waals surface area contributed by atoms with E-state index in [1.807, 2.05) is 44.2 Å². The van der Waals surface area contributed by atoms with Gasteiger partial charge in [0, 0.05) is 6.92 Å². The summed E-state index contributed by atoms with van der Waals surface area (Å²) in [5, 5.41) is 29.0. The van der Waals surface area contributed by atoms with Gasteiger partial charge in [-0.1, -0.05) is 44.2 Å². The van der Waals surface area contributed by atoms with Gasteiger partial charge in [0.1, 0.15) is 5.84 Å². The van der Waals surface area contributed by atoms with Gasteiger partial charge >= 0.3 is 0 Å². The summed E-state index contributed by atoms with van der Waals surface area (Å²) in [6.45, 7) is 5.67. The Labute approximate surface area is 146 Å². The number of benzene rings is 1. The zero-order chi connectivity index (χ0) is 18.0. The molecule has 5 atom stereocenters. The Kier molecular flexibility index (Phi) is 2.96. The molecule has 0 aliphatic carbocycles. The normalized spacial score (nSPS) is 41.0. The molecule has 0 amide bonds. The number of rotatable bonds is 2. The number of ether oxygens (including phenoxy) is 2. The maximum atomic E-state index is 10.3. The van der Waals surface area contributed by atoms with Gasteiger partial charge in [0.15, 0.2) is 10.8 Å². The minimum absolute atomic E-state index is 0.0385. The molecule has 126 valence electrons. The molecule has 6 nitrogen and oxygen atoms in total. The fraction of sp³-hybridized carbons (Fsp3) is 0.474. The molecule has 0 radical (unpaired) electrons. The van der Waals surface area contributed by atoms with E-state index in [9.17, 15) is 10.5 Å². The van der Waals surface area contributed by atoms with Crippen LogP contribution in [-0.4, -0.2) is 23.6 Å². The summed E-state index contributed by atoms with van der Waals surface area (Å²) >= 11 is 0. The first-order valence-corrected chi connectivity index (χ1v) is 8.30. The zero-order valence-electron chi connectivity index (χ0n) is 14.3. The van der Waals surface area contributed by atoms with Crippen molar-refractivity contribution in [3.63, 3.8) is 0 Å². The molecule has 6 heteroatoms. The molecule has 1 aromatic rings. The molecule has 1 N–H and O–H groups in total. The van der Waals surface area contributed by atoms with Gasteiger partial charge in [-0.2, -0.15) is 15.5 Å². The van der Waals surface area contributed by atoms with Crippen LogP contribution in [0.2, 0.25) is 0 Å². The van der Waals surface area contributed by atoms with Crippen molar-refractivity contribution in [2.75, 3.05) is 0 Å². The van der Waals surface area contributed by atoms with E-state index in [2.05, 4.69) is 17.1 Å². The van der Waals surface area contributed by atoms with Gasteiger partial charge in [-0.15, -0.1) is 0 Å². The third-order valence-corrected chi connectivity index (χ3v) is 5.68. The van der Waals surface area contributed by atoms with Crippen LogP contribution in [-0.2, 0) is 9.47 Å². The molecule has 25 heavy (non-hydrogen) atoms. The quantitative estimate of drug-likeness (QED) is 0.898. The fourth-order valence-electron chi connectivity index (χ4n) is 4.76. The van der Waals surface area contributed by atoms with E-state index in [0.29, 0.717) is 0 Å². The molecule has 3 fully saturated rings. The highest BCUT2D eigenvalue weighted by molar-refractivity contribution is 6.13. The third kappa shape index (κ3) is 1.52. The first-order valence-electron chi connectivity index (χ1n) is 8.30. The molecule has 3 saturated heterocycles. The van der Waals surface area contributed by atoms with E-state index in [-0.39, 0.29) is 17.7 Å². The first kappa shape index (κ1) is 15.8. The van der Waals surface area contributed by atoms with Crippen LogP contribution in [0, 0.1) is 44.8 Å². The molecule has 4 bridgehead atoms. The van der Waals surface area contributed by atoms with Crippen molar-refractivity contribution in [3.8, 4) is 12.1 Å². The van der Waals surface area contributed by atoms with Crippen molar-refractivity contribution in [2.24, 2.45) is 21.7 Å². The number of fused-ring (bicyclic) bond motifs is 1. The van der Waals surface area contributed by atoms with Crippen LogP contribution in [0.4, 0.5) is 0 Å². The molecule has 4 heterocycles. The second-order valence-corrected chi connectivity index (χ2v) is 7.35. The van der Waals surface area contributed by atoms with Gasteiger partial charge in [-0.25, -0.2) is 0 Å². The van der Waals surface area contributed by atoms with E-state index >= 15 is 0 Å². The summed E-state index contributed by atoms with van der Waals surface area (Å²) < 4.78 is 12.3. The lowest BCUT2D eigenvalue weighted by Crippen LogP contribution is -2.73. The Balaban J connectivity index is 2.07. The summed E-state index contributed by atoms with van der Waals surface area (Å²) in [6.07, 6.45) is -0.572. The maximum absolute atomic E-state index is 10.3. The molecule has 1 aromatic carbocycles. The second-order valence-electron chi connectivity index (χ2n) is 7.35. The number of nitrogens with one attached hydrogen (secondary N) is 1. The monoisotopic (exact) mass is 334 g/mol. The van der Waals surface area contributed by atoms with Crippen LogP contribution in [0.15, 0.2) is 35.3 Å². The fourth-order valence-corrected chi connectivity index (χ4v) is 4.76. The third-order valence-electron chi connectivity index (χ3n) is 5.68. The van der Waals surface area contributed by atoms with Gasteiger partial charge < -0.3 is 9.47 Å². The van der Waals surface area contributed by atoms with Gasteiger partial charge in [0.05, 0.1) is 24.2 Å². The van der Waals surface area contributed by atoms with Crippen LogP contribution in [0.1, 0.15) is 32.3 Å². The van der Waals surface area contributed by atoms with Crippen LogP contribution in [0.3, 0.4) is 0 Å². The Morgan fingerprint density at radius 3 is 2.36 bits per heavy atom. The number of nitriles is 2. The van der Waals surface area contributed by atoms with E-state index in [1.165, 1.54) is 0 Å². The standard InChI is InChI=1S/C19H18N4O2/c1-11(2)14-19(10-21)16-23-15(22)18(19,9-20)13(17(3,24-14)25-16)12-7-5-4-6-8-12/h4-8,11,13-14,22H,1-3H3/t13-,14+,17+,18-,19+/m1/s1. The highest BCUT2D eigenvalue weighted by atomic mass is 16.7. The molecule has 0 unspecified atom stereocenters. The van der Waals surface area contributed by atoms with Crippen molar-refractivity contribution < 1.29 is 9.47 Å². The van der Waals surface area contributed by atoms with Gasteiger partial charge in [-0.3, -0.25) is 5.41 Å². The number of hydrogen-bond acceptors (Lipinski definition) is 5. The topological polar surface area (TPSA) is 102 Å². The predicted molar refractivity (Wildman–Crippen MR) is 89.6 cm³/mol. The Morgan fingerprint density at radius 1 is 1.16 bits per heavy atom. The van der Waals surface area contributed by atoms with Gasteiger partial charge in [-0.05, 0) is 11.5 Å². The predicted octanol–water partition coefficient (Wildman–Crippen LogP) is 2.98. The van der Waals surface area contributed by atoms with E-state index in [0.717, 1.165) is 5.56 Å². The lowest BCUT2D eigenvalue weighted by Gasteiger charge is -2.61. The molecular weight excluding hydrogens is 316 g/mol. The van der Waals surface area contributed by atoms with Crippen LogP contribution >= 0.6 is 0 Å². The number of nitrogens with zero attached hydrogens (tertiary/aromatic N) is 3. The van der Waals surface area contributed by atoms with Crippen molar-refractivity contribution in [3.05, 3.63) is 35.9 Å². The molecule has 0 spiro atoms. The van der Waals surface area contributed by atoms with E-state index in [1.54, 1.807) is 6.92 Å². The smallest absolute Gasteiger partial charge is 0.218 e. The van der Waals surface area contributed by atoms with Gasteiger partial charge in [0.25, 0.3) is 0 Å². The summed E-state index contributed by atoms with van der Waals surface area (Å²) in [6, 6.07) is 14.0. The minimum Gasteiger partial charge on any atom is -0.447 e. The lowest BCUT2D eigenvalue weighted by atomic mass is 9.49. The zero-order valence-corrected chi connectivity index (χ0v) is 14.3. The highest BCUT2D eigenvalue weighted by Crippen LogP contribution is 2.69. The largest absolute Gasteiger partial charge is 0.447 e. The minimum atomic E-state index is -1.43. The molecular formula is C19H18N4O2. The van der Waals surface area contributed by atoms with Crippen LogP contribution in [0.25, 0.3) is 0 Å². The lowest BCUT2D eigenvalue weighted by molar-refractivity contribution is -0.321. The molecule has 5 rings (SSSR count). The maximum Gasteiger partial charge on any atom is 0.218 e. The summed E-state index contributed by atoms with van der Waals surface area (Å²) in [4.78, 5) is 4.23. The summed E-state index contributed by atoms with van der Waals surface area (Å²) in [7, 11) is 0. The molecule has 0 aromatic heterocycles. The SMILES string of the molecule is CC(C)[C@@H]1O[C@@]2(C)OC3=NC(=N)[C@@](C#N)([C@@H]2c2ccccc2)[C@]31C#N. The summed E-state index contributed by atoms with van der Waals surface area (Å²) in [5.74, 6) is -1.78. The molecule has 4 aliphatic heterocycles. The average molecular weight is 334 g/mol. The van der Waals surface area contributed by atoms with Crippen molar-refractivity contribution in [1.82, 2.24) is 0 Å². The average Bonchev–Trinajstić information content (AvgIpc) is 2.79. The highest BCUT2D eigenvalue weighted by Gasteiger charge is 2.83. The van der Waals surface area contributed by atoms with Crippen LogP contribution < -0.4 is 0 Å². The second kappa shape index (κ2) is 4.68. The summed E-state index contributed by atoms with van der Waals surface area (Å²) in [5.41, 5.74) is -2.04. The van der Waals surface area contributed by atoms with E-state index in [4.69, 9.17) is 14.9 Å². The number of amidine groups is 1. The van der Waals surface area contributed by atoms with Gasteiger partial charge in [0.2, 0.25) is 11.7 Å². The Hall–Kier alpha value is -2.70. The van der Waals surface area contributed by atoms with Crippen molar-refractivity contribution in [2.45, 2.75) is 38.6 Å². The molecule has 0 saturated carbocycles. The molecule has 4 aliphatic rings. The first-order chi connectivity index (χ1) is 11.9. The van der Waals surface area contributed by atoms with Crippen molar-refractivity contribution in [1.29, 1.82) is 15.9 Å². The number of hydrogen-bond donors (Lipinski definition) is 1. The van der Waals surface area contributed by atoms with Crippen molar-refractivity contribution >= 4 is 11.7 Å². The Morgan fingerprint density at radius 2 is 1.80 bits per heavy atom.